The van der Waals surface area contributed by atoms with Crippen molar-refractivity contribution in [3.63, 3.8) is 0 Å². The molecule has 0 radical (unpaired) electrons. The summed E-state index contributed by atoms with van der Waals surface area (Å²) in [6.45, 7) is 3.51. The summed E-state index contributed by atoms with van der Waals surface area (Å²) in [7, 11) is 0. The minimum absolute atomic E-state index is 0.0579. The van der Waals surface area contributed by atoms with Crippen LogP contribution >= 0.6 is 0 Å². The lowest BCUT2D eigenvalue weighted by Gasteiger charge is -2.29. The van der Waals surface area contributed by atoms with Crippen LogP contribution in [0.1, 0.15) is 34.6 Å². The molecule has 0 spiro atoms. The van der Waals surface area contributed by atoms with E-state index in [0.717, 1.165) is 0 Å². The SMILES string of the molecule is CC1O[C@H](COC(=O)c2ccccc2)[C@@H](OC(=O)c2ccccc2)[C@@]1(C)N. The first-order chi connectivity index (χ1) is 12.9. The topological polar surface area (TPSA) is 87.9 Å². The number of nitrogens with two attached hydrogens (primary N) is 1. The molecule has 0 aliphatic carbocycles. The molecule has 6 heteroatoms. The van der Waals surface area contributed by atoms with Crippen molar-refractivity contribution in [3.8, 4) is 0 Å². The minimum atomic E-state index is -0.908. The maximum absolute atomic E-state index is 12.5. The molecule has 0 bridgehead atoms. The van der Waals surface area contributed by atoms with Gasteiger partial charge >= 0.3 is 11.9 Å². The highest BCUT2D eigenvalue weighted by Gasteiger charge is 2.52. The van der Waals surface area contributed by atoms with Crippen LogP contribution in [0.25, 0.3) is 0 Å². The molecule has 1 fully saturated rings. The van der Waals surface area contributed by atoms with Crippen LogP contribution in [-0.4, -0.2) is 42.4 Å². The standard InChI is InChI=1S/C21H23NO5/c1-14-21(2,22)18(27-20(24)16-11-7-4-8-12-16)17(26-14)13-25-19(23)15-9-5-3-6-10-15/h3-12,14,17-18H,13,22H2,1-2H3/t14?,17-,18-,21+/m1/s1. The molecule has 1 saturated heterocycles. The van der Waals surface area contributed by atoms with Crippen LogP contribution in [0.15, 0.2) is 60.7 Å². The Morgan fingerprint density at radius 2 is 1.52 bits per heavy atom. The van der Waals surface area contributed by atoms with Crippen LogP contribution in [0.2, 0.25) is 0 Å². The molecule has 6 nitrogen and oxygen atoms in total. The number of carbonyl (C=O) groups is 2. The van der Waals surface area contributed by atoms with Gasteiger partial charge in [0.05, 0.1) is 22.8 Å². The molecule has 1 heterocycles. The Kier molecular flexibility index (Phi) is 5.58. The summed E-state index contributed by atoms with van der Waals surface area (Å²) in [6.07, 6.45) is -1.76. The molecule has 0 saturated carbocycles. The van der Waals surface area contributed by atoms with Crippen molar-refractivity contribution in [1.29, 1.82) is 0 Å². The predicted molar refractivity (Wildman–Crippen MR) is 99.3 cm³/mol. The Hall–Kier alpha value is -2.70. The number of ether oxygens (including phenoxy) is 3. The average Bonchev–Trinajstić information content (AvgIpc) is 2.90. The van der Waals surface area contributed by atoms with Gasteiger partial charge in [0.1, 0.15) is 12.7 Å². The van der Waals surface area contributed by atoms with E-state index in [4.69, 9.17) is 19.9 Å². The maximum atomic E-state index is 12.5. The van der Waals surface area contributed by atoms with E-state index in [1.165, 1.54) is 0 Å². The lowest BCUT2D eigenvalue weighted by atomic mass is 9.90. The fourth-order valence-electron chi connectivity index (χ4n) is 3.01. The van der Waals surface area contributed by atoms with Gasteiger partial charge in [-0.05, 0) is 38.1 Å². The van der Waals surface area contributed by atoms with Crippen LogP contribution in [0, 0.1) is 0 Å². The van der Waals surface area contributed by atoms with Crippen molar-refractivity contribution in [2.24, 2.45) is 5.73 Å². The number of esters is 2. The second-order valence-corrected chi connectivity index (χ2v) is 6.84. The van der Waals surface area contributed by atoms with Gasteiger partial charge in [0.25, 0.3) is 0 Å². The molecule has 1 aliphatic heterocycles. The van der Waals surface area contributed by atoms with Crippen LogP contribution < -0.4 is 5.73 Å². The highest BCUT2D eigenvalue weighted by atomic mass is 16.6. The van der Waals surface area contributed by atoms with Crippen molar-refractivity contribution in [2.75, 3.05) is 6.61 Å². The Morgan fingerprint density at radius 3 is 2.07 bits per heavy atom. The first-order valence-electron chi connectivity index (χ1n) is 8.82. The third-order valence-electron chi connectivity index (χ3n) is 4.84. The van der Waals surface area contributed by atoms with Gasteiger partial charge < -0.3 is 19.9 Å². The van der Waals surface area contributed by atoms with E-state index < -0.39 is 29.7 Å². The van der Waals surface area contributed by atoms with Crippen LogP contribution in [-0.2, 0) is 14.2 Å². The number of hydrogen-bond acceptors (Lipinski definition) is 6. The second-order valence-electron chi connectivity index (χ2n) is 6.84. The maximum Gasteiger partial charge on any atom is 0.338 e. The van der Waals surface area contributed by atoms with Gasteiger partial charge in [-0.1, -0.05) is 36.4 Å². The average molecular weight is 369 g/mol. The van der Waals surface area contributed by atoms with Crippen LogP contribution in [0.4, 0.5) is 0 Å². The molecule has 3 rings (SSSR count). The van der Waals surface area contributed by atoms with E-state index in [1.807, 2.05) is 19.1 Å². The minimum Gasteiger partial charge on any atom is -0.459 e. The van der Waals surface area contributed by atoms with Crippen molar-refractivity contribution in [1.82, 2.24) is 0 Å². The van der Waals surface area contributed by atoms with Gasteiger partial charge in [-0.25, -0.2) is 9.59 Å². The van der Waals surface area contributed by atoms with Gasteiger partial charge in [-0.3, -0.25) is 0 Å². The molecule has 1 aliphatic rings. The van der Waals surface area contributed by atoms with Crippen molar-refractivity contribution in [3.05, 3.63) is 71.8 Å². The summed E-state index contributed by atoms with van der Waals surface area (Å²) in [6, 6.07) is 17.3. The highest BCUT2D eigenvalue weighted by Crippen LogP contribution is 2.32. The summed E-state index contributed by atoms with van der Waals surface area (Å²) in [4.78, 5) is 24.6. The zero-order chi connectivity index (χ0) is 19.4. The Bertz CT molecular complexity index is 791. The monoisotopic (exact) mass is 369 g/mol. The highest BCUT2D eigenvalue weighted by molar-refractivity contribution is 5.90. The fraction of sp³-hybridized carbons (Fsp3) is 0.333. The van der Waals surface area contributed by atoms with Crippen LogP contribution in [0.3, 0.4) is 0 Å². The fourth-order valence-corrected chi connectivity index (χ4v) is 3.01. The smallest absolute Gasteiger partial charge is 0.338 e. The third-order valence-corrected chi connectivity index (χ3v) is 4.84. The largest absolute Gasteiger partial charge is 0.459 e. The van der Waals surface area contributed by atoms with Gasteiger partial charge in [0.15, 0.2) is 6.10 Å². The van der Waals surface area contributed by atoms with Gasteiger partial charge in [0.2, 0.25) is 0 Å². The lowest BCUT2D eigenvalue weighted by molar-refractivity contribution is -0.0402. The van der Waals surface area contributed by atoms with E-state index in [-0.39, 0.29) is 12.7 Å². The molecule has 2 aromatic rings. The summed E-state index contributed by atoms with van der Waals surface area (Å²) in [5.41, 5.74) is 6.31. The number of carbonyl (C=O) groups excluding carboxylic acids is 2. The number of hydrogen-bond donors (Lipinski definition) is 1. The molecule has 0 aromatic heterocycles. The van der Waals surface area contributed by atoms with Crippen molar-refractivity contribution >= 4 is 11.9 Å². The van der Waals surface area contributed by atoms with Crippen molar-refractivity contribution < 1.29 is 23.8 Å². The molecule has 2 N–H and O–H groups in total. The molecular formula is C21H23NO5. The molecular weight excluding hydrogens is 346 g/mol. The summed E-state index contributed by atoms with van der Waals surface area (Å²) in [5, 5.41) is 0. The third kappa shape index (κ3) is 4.18. The second kappa shape index (κ2) is 7.90. The first kappa shape index (κ1) is 19.1. The first-order valence-corrected chi connectivity index (χ1v) is 8.82. The molecule has 0 amide bonds. The van der Waals surface area contributed by atoms with Gasteiger partial charge in [-0.2, -0.15) is 0 Å². The normalized spacial score (nSPS) is 27.1. The van der Waals surface area contributed by atoms with E-state index in [1.54, 1.807) is 55.5 Å². The quantitative estimate of drug-likeness (QED) is 0.815. The van der Waals surface area contributed by atoms with E-state index >= 15 is 0 Å². The molecule has 142 valence electrons. The molecule has 1 unspecified atom stereocenters. The molecule has 4 atom stereocenters. The molecule has 2 aromatic carbocycles. The summed E-state index contributed by atoms with van der Waals surface area (Å²) < 4.78 is 16.8. The Balaban J connectivity index is 1.69. The number of rotatable bonds is 5. The van der Waals surface area contributed by atoms with Gasteiger partial charge in [-0.15, -0.1) is 0 Å². The van der Waals surface area contributed by atoms with Crippen LogP contribution in [0.5, 0.6) is 0 Å². The van der Waals surface area contributed by atoms with E-state index in [9.17, 15) is 9.59 Å². The number of benzene rings is 2. The zero-order valence-corrected chi connectivity index (χ0v) is 15.3. The van der Waals surface area contributed by atoms with E-state index in [2.05, 4.69) is 0 Å². The Morgan fingerprint density at radius 1 is 1.00 bits per heavy atom. The summed E-state index contributed by atoms with van der Waals surface area (Å²) in [5.74, 6) is -0.958. The Labute approximate surface area is 158 Å². The van der Waals surface area contributed by atoms with Crippen molar-refractivity contribution in [2.45, 2.75) is 37.7 Å². The predicted octanol–water partition coefficient (Wildman–Crippen LogP) is 2.57. The lowest BCUT2D eigenvalue weighted by Crippen LogP contribution is -2.55. The summed E-state index contributed by atoms with van der Waals surface area (Å²) >= 11 is 0. The van der Waals surface area contributed by atoms with Gasteiger partial charge in [0, 0.05) is 0 Å². The zero-order valence-electron chi connectivity index (χ0n) is 15.3. The van der Waals surface area contributed by atoms with E-state index in [0.29, 0.717) is 11.1 Å². The molecule has 27 heavy (non-hydrogen) atoms.